The van der Waals surface area contributed by atoms with Crippen molar-refractivity contribution in [2.75, 3.05) is 10.8 Å². The molecule has 0 fully saturated rings. The summed E-state index contributed by atoms with van der Waals surface area (Å²) in [5.41, 5.74) is 2.94. The fourth-order valence-electron chi connectivity index (χ4n) is 3.38. The number of nitro benzene ring substituents is 1. The molecule has 1 heterocycles. The second kappa shape index (κ2) is 11.5. The van der Waals surface area contributed by atoms with Crippen LogP contribution in [0.1, 0.15) is 5.76 Å². The van der Waals surface area contributed by atoms with Gasteiger partial charge in [-0.15, -0.1) is 0 Å². The smallest absolute Gasteiger partial charge is 0.269 e. The van der Waals surface area contributed by atoms with E-state index in [0.717, 1.165) is 4.31 Å². The van der Waals surface area contributed by atoms with Crippen molar-refractivity contribution in [2.24, 2.45) is 5.10 Å². The van der Waals surface area contributed by atoms with E-state index in [0.29, 0.717) is 11.3 Å². The number of hydrazone groups is 1. The average molecular weight is 573 g/mol. The van der Waals surface area contributed by atoms with Crippen molar-refractivity contribution in [1.29, 1.82) is 0 Å². The summed E-state index contributed by atoms with van der Waals surface area (Å²) in [7, 11) is -4.15. The third kappa shape index (κ3) is 6.38. The Morgan fingerprint density at radius 1 is 1.00 bits per heavy atom. The van der Waals surface area contributed by atoms with Crippen LogP contribution in [0.25, 0.3) is 11.3 Å². The van der Waals surface area contributed by atoms with Crippen LogP contribution in [-0.4, -0.2) is 32.0 Å². The Kier molecular flexibility index (Phi) is 8.10. The quantitative estimate of drug-likeness (QED) is 0.159. The number of nitrogens with zero attached hydrogens (tertiary/aromatic N) is 3. The Morgan fingerprint density at radius 2 is 1.66 bits per heavy atom. The first kappa shape index (κ1) is 26.9. The number of rotatable bonds is 9. The van der Waals surface area contributed by atoms with Crippen LogP contribution in [0.4, 0.5) is 11.4 Å². The van der Waals surface area contributed by atoms with Gasteiger partial charge in [0, 0.05) is 27.7 Å². The molecule has 0 spiro atoms. The summed E-state index contributed by atoms with van der Waals surface area (Å²) < 4.78 is 33.2. The van der Waals surface area contributed by atoms with Crippen molar-refractivity contribution in [1.82, 2.24) is 5.43 Å². The molecule has 0 aliphatic carbocycles. The molecule has 0 radical (unpaired) electrons. The number of amides is 1. The van der Waals surface area contributed by atoms with Crippen LogP contribution >= 0.6 is 23.2 Å². The van der Waals surface area contributed by atoms with Gasteiger partial charge >= 0.3 is 0 Å². The number of hydrogen-bond donors (Lipinski definition) is 1. The number of anilines is 1. The number of non-ortho nitro benzene ring substituents is 1. The maximum absolute atomic E-state index is 13.4. The molecule has 0 aliphatic rings. The fraction of sp³-hybridized carbons (Fsp3) is 0.0400. The Bertz CT molecular complexity index is 1590. The van der Waals surface area contributed by atoms with Crippen LogP contribution in [-0.2, 0) is 14.8 Å². The highest BCUT2D eigenvalue weighted by atomic mass is 35.5. The van der Waals surface area contributed by atoms with E-state index in [4.69, 9.17) is 27.6 Å². The van der Waals surface area contributed by atoms with E-state index < -0.39 is 27.4 Å². The molecule has 0 bridgehead atoms. The zero-order chi connectivity index (χ0) is 27.3. The summed E-state index contributed by atoms with van der Waals surface area (Å²) in [5.74, 6) is -0.0151. The third-order valence-corrected chi connectivity index (χ3v) is 7.35. The van der Waals surface area contributed by atoms with Gasteiger partial charge in [0.1, 0.15) is 18.1 Å². The van der Waals surface area contributed by atoms with Crippen LogP contribution in [0.15, 0.2) is 99.3 Å². The largest absolute Gasteiger partial charge is 0.455 e. The van der Waals surface area contributed by atoms with Gasteiger partial charge in [0.2, 0.25) is 0 Å². The van der Waals surface area contributed by atoms with Crippen molar-refractivity contribution in [2.45, 2.75) is 4.90 Å². The van der Waals surface area contributed by atoms with Gasteiger partial charge in [0.25, 0.3) is 21.6 Å². The third-order valence-electron chi connectivity index (χ3n) is 5.12. The predicted molar refractivity (Wildman–Crippen MR) is 144 cm³/mol. The molecule has 13 heteroatoms. The standard InChI is InChI=1S/C25H18Cl2N4O6S/c26-18-12-19(27)14-21(13-18)30(38(35,36)23-4-2-1-3-5-23)16-25(32)29-28-15-22-10-11-24(37-22)17-6-8-20(9-7-17)31(33)34/h1-15H,16H2,(H,29,32)/b28-15-. The summed E-state index contributed by atoms with van der Waals surface area (Å²) in [6.45, 7) is -0.614. The molecular weight excluding hydrogens is 555 g/mol. The first-order valence-electron chi connectivity index (χ1n) is 10.8. The molecule has 10 nitrogen and oxygen atoms in total. The van der Waals surface area contributed by atoms with Gasteiger partial charge in [-0.1, -0.05) is 41.4 Å². The Hall–Kier alpha value is -4.19. The summed E-state index contributed by atoms with van der Waals surface area (Å²) in [6.07, 6.45) is 1.24. The molecule has 0 saturated heterocycles. The number of furan rings is 1. The Balaban J connectivity index is 1.49. The van der Waals surface area contributed by atoms with Crippen LogP contribution in [0.3, 0.4) is 0 Å². The molecule has 194 valence electrons. The summed E-state index contributed by atoms with van der Waals surface area (Å²) in [6, 6.07) is 20.8. The van der Waals surface area contributed by atoms with Crippen LogP contribution in [0, 0.1) is 10.1 Å². The average Bonchev–Trinajstić information content (AvgIpc) is 3.36. The topological polar surface area (TPSA) is 135 Å². The molecular formula is C25H18Cl2N4O6S. The van der Waals surface area contributed by atoms with Gasteiger partial charge in [0.05, 0.1) is 21.7 Å². The lowest BCUT2D eigenvalue weighted by atomic mass is 10.1. The molecule has 1 amide bonds. The summed E-state index contributed by atoms with van der Waals surface area (Å²) in [5, 5.41) is 15.0. The van der Waals surface area contributed by atoms with Gasteiger partial charge in [-0.05, 0) is 54.6 Å². The number of nitrogens with one attached hydrogen (secondary N) is 1. The zero-order valence-electron chi connectivity index (χ0n) is 19.3. The first-order valence-corrected chi connectivity index (χ1v) is 13.0. The monoisotopic (exact) mass is 572 g/mol. The number of sulfonamides is 1. The number of hydrogen-bond acceptors (Lipinski definition) is 7. The Morgan fingerprint density at radius 3 is 2.29 bits per heavy atom. The lowest BCUT2D eigenvalue weighted by Gasteiger charge is -2.24. The minimum Gasteiger partial charge on any atom is -0.455 e. The summed E-state index contributed by atoms with van der Waals surface area (Å²) in [4.78, 5) is 23.0. The van der Waals surface area contributed by atoms with Gasteiger partial charge in [-0.2, -0.15) is 5.10 Å². The van der Waals surface area contributed by atoms with E-state index in [1.807, 2.05) is 0 Å². The molecule has 0 atom stereocenters. The number of nitro groups is 1. The van der Waals surface area contributed by atoms with Gasteiger partial charge < -0.3 is 4.42 Å². The lowest BCUT2D eigenvalue weighted by Crippen LogP contribution is -2.39. The van der Waals surface area contributed by atoms with Gasteiger partial charge in [0.15, 0.2) is 0 Å². The van der Waals surface area contributed by atoms with E-state index in [9.17, 15) is 23.3 Å². The molecule has 4 aromatic rings. The molecule has 3 aromatic carbocycles. The molecule has 1 N–H and O–H groups in total. The van der Waals surface area contributed by atoms with Crippen LogP contribution in [0.2, 0.25) is 10.0 Å². The molecule has 1 aromatic heterocycles. The lowest BCUT2D eigenvalue weighted by molar-refractivity contribution is -0.384. The van der Waals surface area contributed by atoms with Gasteiger partial charge in [-0.25, -0.2) is 13.8 Å². The molecule has 0 saturated carbocycles. The first-order chi connectivity index (χ1) is 18.1. The van der Waals surface area contributed by atoms with E-state index in [-0.39, 0.29) is 32.1 Å². The SMILES string of the molecule is O=C(CN(c1cc(Cl)cc(Cl)c1)S(=O)(=O)c1ccccc1)N/N=C\c1ccc(-c2ccc([N+](=O)[O-])cc2)o1. The predicted octanol–water partition coefficient (Wildman–Crippen LogP) is 5.51. The molecule has 0 aliphatic heterocycles. The second-order valence-corrected chi connectivity index (χ2v) is 10.5. The summed E-state index contributed by atoms with van der Waals surface area (Å²) >= 11 is 12.2. The number of carbonyl (C=O) groups excluding carboxylic acids is 1. The van der Waals surface area contributed by atoms with Crippen LogP contribution < -0.4 is 9.73 Å². The van der Waals surface area contributed by atoms with Crippen molar-refractivity contribution in [3.05, 3.63) is 111 Å². The highest BCUT2D eigenvalue weighted by Gasteiger charge is 2.27. The maximum atomic E-state index is 13.4. The molecule has 4 rings (SSSR count). The second-order valence-electron chi connectivity index (χ2n) is 7.75. The normalized spacial score (nSPS) is 11.4. The molecule has 0 unspecified atom stereocenters. The van der Waals surface area contributed by atoms with Crippen molar-refractivity contribution in [3.63, 3.8) is 0 Å². The van der Waals surface area contributed by atoms with E-state index in [1.165, 1.54) is 48.7 Å². The molecule has 38 heavy (non-hydrogen) atoms. The fourth-order valence-corrected chi connectivity index (χ4v) is 5.32. The van der Waals surface area contributed by atoms with Crippen LogP contribution in [0.5, 0.6) is 0 Å². The number of carbonyl (C=O) groups is 1. The van der Waals surface area contributed by atoms with Crippen molar-refractivity contribution in [3.8, 4) is 11.3 Å². The number of benzene rings is 3. The highest BCUT2D eigenvalue weighted by Crippen LogP contribution is 2.29. The van der Waals surface area contributed by atoms with E-state index in [2.05, 4.69) is 10.5 Å². The van der Waals surface area contributed by atoms with Gasteiger partial charge in [-0.3, -0.25) is 19.2 Å². The minimum absolute atomic E-state index is 0.0261. The van der Waals surface area contributed by atoms with Crippen molar-refractivity contribution < 1.29 is 22.6 Å². The highest BCUT2D eigenvalue weighted by molar-refractivity contribution is 7.92. The maximum Gasteiger partial charge on any atom is 0.269 e. The Labute approximate surface area is 227 Å². The number of halogens is 2. The zero-order valence-corrected chi connectivity index (χ0v) is 21.7. The van der Waals surface area contributed by atoms with E-state index in [1.54, 1.807) is 42.5 Å². The minimum atomic E-state index is -4.15. The van der Waals surface area contributed by atoms with E-state index >= 15 is 0 Å². The van der Waals surface area contributed by atoms with Crippen molar-refractivity contribution >= 4 is 56.7 Å².